The van der Waals surface area contributed by atoms with Gasteiger partial charge >= 0.3 is 5.97 Å². The SMILES string of the molecule is CC(C)OCCN(C)c1cccc(F)c1C(=O)O. The van der Waals surface area contributed by atoms with E-state index in [1.54, 1.807) is 18.0 Å². The summed E-state index contributed by atoms with van der Waals surface area (Å²) in [6.07, 6.45) is 0.116. The number of hydrogen-bond donors (Lipinski definition) is 1. The zero-order valence-corrected chi connectivity index (χ0v) is 10.8. The molecule has 0 saturated heterocycles. The van der Waals surface area contributed by atoms with E-state index in [1.807, 2.05) is 13.8 Å². The molecule has 18 heavy (non-hydrogen) atoms. The van der Waals surface area contributed by atoms with Gasteiger partial charge < -0.3 is 14.7 Å². The first-order chi connectivity index (χ1) is 8.43. The highest BCUT2D eigenvalue weighted by Gasteiger charge is 2.18. The number of anilines is 1. The van der Waals surface area contributed by atoms with Gasteiger partial charge in [0.05, 0.1) is 18.4 Å². The lowest BCUT2D eigenvalue weighted by molar-refractivity contribution is 0.0691. The summed E-state index contributed by atoms with van der Waals surface area (Å²) >= 11 is 0. The molecule has 0 aliphatic rings. The maximum atomic E-state index is 13.5. The molecular formula is C13H18FNO3. The summed E-state index contributed by atoms with van der Waals surface area (Å²) in [5.41, 5.74) is 0.0550. The molecule has 0 amide bonds. The van der Waals surface area contributed by atoms with Crippen molar-refractivity contribution in [2.45, 2.75) is 20.0 Å². The second-order valence-electron chi connectivity index (χ2n) is 4.28. The largest absolute Gasteiger partial charge is 0.478 e. The summed E-state index contributed by atoms with van der Waals surface area (Å²) in [6, 6.07) is 4.23. The van der Waals surface area contributed by atoms with E-state index in [-0.39, 0.29) is 11.7 Å². The molecule has 0 saturated carbocycles. The summed E-state index contributed by atoms with van der Waals surface area (Å²) in [6.45, 7) is 4.81. The number of carboxylic acid groups (broad SMARTS) is 1. The fourth-order valence-corrected chi connectivity index (χ4v) is 1.59. The van der Waals surface area contributed by atoms with Crippen molar-refractivity contribution in [1.29, 1.82) is 0 Å². The van der Waals surface area contributed by atoms with Crippen molar-refractivity contribution in [3.63, 3.8) is 0 Å². The smallest absolute Gasteiger partial charge is 0.340 e. The minimum Gasteiger partial charge on any atom is -0.478 e. The number of nitrogens with zero attached hydrogens (tertiary/aromatic N) is 1. The van der Waals surface area contributed by atoms with E-state index < -0.39 is 11.8 Å². The Labute approximate surface area is 106 Å². The molecule has 0 heterocycles. The van der Waals surface area contributed by atoms with Crippen LogP contribution in [0.1, 0.15) is 24.2 Å². The summed E-state index contributed by atoms with van der Waals surface area (Å²) in [4.78, 5) is 12.7. The molecule has 0 radical (unpaired) electrons. The van der Waals surface area contributed by atoms with Gasteiger partial charge in [-0.1, -0.05) is 6.07 Å². The van der Waals surface area contributed by atoms with Crippen molar-refractivity contribution in [2.75, 3.05) is 25.1 Å². The Balaban J connectivity index is 2.82. The Kier molecular flexibility index (Phi) is 5.09. The van der Waals surface area contributed by atoms with Gasteiger partial charge in [-0.15, -0.1) is 0 Å². The van der Waals surface area contributed by atoms with Crippen LogP contribution >= 0.6 is 0 Å². The molecule has 1 aromatic rings. The first-order valence-corrected chi connectivity index (χ1v) is 5.78. The van der Waals surface area contributed by atoms with Crippen LogP contribution in [0.3, 0.4) is 0 Å². The third kappa shape index (κ3) is 3.70. The predicted octanol–water partition coefficient (Wildman–Crippen LogP) is 2.39. The number of halogens is 1. The van der Waals surface area contributed by atoms with Gasteiger partial charge in [-0.2, -0.15) is 0 Å². The highest BCUT2D eigenvalue weighted by atomic mass is 19.1. The summed E-state index contributed by atoms with van der Waals surface area (Å²) in [7, 11) is 1.71. The van der Waals surface area contributed by atoms with E-state index in [0.29, 0.717) is 18.8 Å². The third-order valence-electron chi connectivity index (χ3n) is 2.49. The average Bonchev–Trinajstić information content (AvgIpc) is 2.27. The van der Waals surface area contributed by atoms with Gasteiger partial charge in [0, 0.05) is 13.6 Å². The molecule has 0 aliphatic heterocycles. The van der Waals surface area contributed by atoms with Crippen molar-refractivity contribution in [1.82, 2.24) is 0 Å². The fraction of sp³-hybridized carbons (Fsp3) is 0.462. The first kappa shape index (κ1) is 14.4. The molecule has 0 aliphatic carbocycles. The molecule has 5 heteroatoms. The monoisotopic (exact) mass is 255 g/mol. The lowest BCUT2D eigenvalue weighted by Gasteiger charge is -2.22. The summed E-state index contributed by atoms with van der Waals surface area (Å²) in [5, 5.41) is 9.01. The molecule has 0 atom stereocenters. The number of hydrogen-bond acceptors (Lipinski definition) is 3. The predicted molar refractivity (Wildman–Crippen MR) is 67.7 cm³/mol. The molecule has 1 rings (SSSR count). The lowest BCUT2D eigenvalue weighted by Crippen LogP contribution is -2.26. The number of benzene rings is 1. The number of aromatic carboxylic acids is 1. The van der Waals surface area contributed by atoms with Crippen LogP contribution in [0.2, 0.25) is 0 Å². The van der Waals surface area contributed by atoms with Crippen molar-refractivity contribution in [2.24, 2.45) is 0 Å². The molecule has 0 aromatic heterocycles. The second kappa shape index (κ2) is 6.35. The van der Waals surface area contributed by atoms with Gasteiger partial charge in [0.2, 0.25) is 0 Å². The number of rotatable bonds is 6. The Morgan fingerprint density at radius 1 is 1.50 bits per heavy atom. The van der Waals surface area contributed by atoms with Crippen LogP contribution in [0.5, 0.6) is 0 Å². The maximum Gasteiger partial charge on any atom is 0.340 e. The van der Waals surface area contributed by atoms with Crippen LogP contribution in [-0.4, -0.2) is 37.4 Å². The molecule has 4 nitrogen and oxygen atoms in total. The second-order valence-corrected chi connectivity index (χ2v) is 4.28. The Bertz CT molecular complexity index is 421. The Morgan fingerprint density at radius 2 is 2.17 bits per heavy atom. The number of carbonyl (C=O) groups is 1. The zero-order chi connectivity index (χ0) is 13.7. The first-order valence-electron chi connectivity index (χ1n) is 5.78. The molecular weight excluding hydrogens is 237 g/mol. The summed E-state index contributed by atoms with van der Waals surface area (Å²) < 4.78 is 18.9. The van der Waals surface area contributed by atoms with Crippen LogP contribution in [0.4, 0.5) is 10.1 Å². The lowest BCUT2D eigenvalue weighted by atomic mass is 10.1. The van der Waals surface area contributed by atoms with E-state index in [2.05, 4.69) is 0 Å². The van der Waals surface area contributed by atoms with E-state index >= 15 is 0 Å². The van der Waals surface area contributed by atoms with E-state index in [1.165, 1.54) is 6.07 Å². The topological polar surface area (TPSA) is 49.8 Å². The molecule has 0 fully saturated rings. The van der Waals surface area contributed by atoms with E-state index in [0.717, 1.165) is 6.07 Å². The van der Waals surface area contributed by atoms with Crippen molar-refractivity contribution < 1.29 is 19.0 Å². The van der Waals surface area contributed by atoms with Crippen molar-refractivity contribution >= 4 is 11.7 Å². The minimum atomic E-state index is -1.26. The van der Waals surface area contributed by atoms with Gasteiger partial charge in [0.1, 0.15) is 11.4 Å². The Hall–Kier alpha value is -1.62. The van der Waals surface area contributed by atoms with E-state index in [9.17, 15) is 9.18 Å². The Morgan fingerprint density at radius 3 is 2.72 bits per heavy atom. The fourth-order valence-electron chi connectivity index (χ4n) is 1.59. The van der Waals surface area contributed by atoms with Crippen LogP contribution in [0, 0.1) is 5.82 Å². The quantitative estimate of drug-likeness (QED) is 0.848. The molecule has 100 valence electrons. The normalized spacial score (nSPS) is 10.7. The molecule has 0 bridgehead atoms. The third-order valence-corrected chi connectivity index (χ3v) is 2.49. The number of likely N-dealkylation sites (N-methyl/N-ethyl adjacent to an activating group) is 1. The van der Waals surface area contributed by atoms with Crippen molar-refractivity contribution in [3.8, 4) is 0 Å². The van der Waals surface area contributed by atoms with Gasteiger partial charge in [0.15, 0.2) is 0 Å². The molecule has 1 N–H and O–H groups in total. The van der Waals surface area contributed by atoms with Gasteiger partial charge in [-0.3, -0.25) is 0 Å². The molecule has 1 aromatic carbocycles. The number of ether oxygens (including phenoxy) is 1. The van der Waals surface area contributed by atoms with Gasteiger partial charge in [-0.05, 0) is 26.0 Å². The standard InChI is InChI=1S/C13H18FNO3/c1-9(2)18-8-7-15(3)11-6-4-5-10(14)12(11)13(16)17/h4-6,9H,7-8H2,1-3H3,(H,16,17). The van der Waals surface area contributed by atoms with Crippen molar-refractivity contribution in [3.05, 3.63) is 29.6 Å². The van der Waals surface area contributed by atoms with Crippen LogP contribution in [0.25, 0.3) is 0 Å². The van der Waals surface area contributed by atoms with Gasteiger partial charge in [-0.25, -0.2) is 9.18 Å². The van der Waals surface area contributed by atoms with E-state index in [4.69, 9.17) is 9.84 Å². The highest BCUT2D eigenvalue weighted by Crippen LogP contribution is 2.22. The highest BCUT2D eigenvalue weighted by molar-refractivity contribution is 5.94. The number of carboxylic acids is 1. The zero-order valence-electron chi connectivity index (χ0n) is 10.8. The molecule has 0 unspecified atom stereocenters. The van der Waals surface area contributed by atoms with Gasteiger partial charge in [0.25, 0.3) is 0 Å². The van der Waals surface area contributed by atoms with Crippen LogP contribution in [-0.2, 0) is 4.74 Å². The summed E-state index contributed by atoms with van der Waals surface area (Å²) in [5.74, 6) is -1.99. The average molecular weight is 255 g/mol. The minimum absolute atomic E-state index is 0.116. The maximum absolute atomic E-state index is 13.5. The van der Waals surface area contributed by atoms with Crippen LogP contribution in [0.15, 0.2) is 18.2 Å². The van der Waals surface area contributed by atoms with Crippen LogP contribution < -0.4 is 4.90 Å². The molecule has 0 spiro atoms.